The zero-order valence-electron chi connectivity index (χ0n) is 13.8. The number of carbonyl (C=O) groups is 1. The number of anilines is 2. The average Bonchev–Trinajstić information content (AvgIpc) is 2.95. The summed E-state index contributed by atoms with van der Waals surface area (Å²) in [5.74, 6) is -0.444. The SMILES string of the molecule is Nc1cccc2c1CCCN2C(=O)CCn1c(=O)oc2ccccc21. The van der Waals surface area contributed by atoms with Crippen LogP contribution < -0.4 is 16.4 Å². The number of aryl methyl sites for hydroxylation is 1. The molecule has 2 N–H and O–H groups in total. The van der Waals surface area contributed by atoms with Gasteiger partial charge in [-0.05, 0) is 42.7 Å². The first-order valence-corrected chi connectivity index (χ1v) is 8.41. The van der Waals surface area contributed by atoms with Crippen LogP contribution in [0.2, 0.25) is 0 Å². The van der Waals surface area contributed by atoms with Gasteiger partial charge in [-0.25, -0.2) is 4.79 Å². The van der Waals surface area contributed by atoms with E-state index in [0.717, 1.165) is 29.8 Å². The van der Waals surface area contributed by atoms with Crippen LogP contribution in [0.3, 0.4) is 0 Å². The van der Waals surface area contributed by atoms with E-state index >= 15 is 0 Å². The second-order valence-electron chi connectivity index (χ2n) is 6.23. The number of oxazole rings is 1. The van der Waals surface area contributed by atoms with Crippen molar-refractivity contribution in [3.05, 3.63) is 58.6 Å². The summed E-state index contributed by atoms with van der Waals surface area (Å²) >= 11 is 0. The van der Waals surface area contributed by atoms with E-state index in [0.29, 0.717) is 24.2 Å². The van der Waals surface area contributed by atoms with Crippen molar-refractivity contribution in [1.82, 2.24) is 4.57 Å². The van der Waals surface area contributed by atoms with Gasteiger partial charge in [0.15, 0.2) is 5.58 Å². The molecule has 1 aromatic heterocycles. The molecule has 0 fully saturated rings. The van der Waals surface area contributed by atoms with Crippen LogP contribution in [0.25, 0.3) is 11.1 Å². The largest absolute Gasteiger partial charge is 0.419 e. The van der Waals surface area contributed by atoms with E-state index in [-0.39, 0.29) is 12.3 Å². The van der Waals surface area contributed by atoms with Gasteiger partial charge in [0.2, 0.25) is 5.91 Å². The van der Waals surface area contributed by atoms with Crippen molar-refractivity contribution in [1.29, 1.82) is 0 Å². The van der Waals surface area contributed by atoms with E-state index in [9.17, 15) is 9.59 Å². The van der Waals surface area contributed by atoms with E-state index in [4.69, 9.17) is 10.2 Å². The highest BCUT2D eigenvalue weighted by molar-refractivity contribution is 5.95. The van der Waals surface area contributed by atoms with Crippen LogP contribution >= 0.6 is 0 Å². The molecule has 2 heterocycles. The van der Waals surface area contributed by atoms with Crippen molar-refractivity contribution in [2.45, 2.75) is 25.8 Å². The molecule has 0 saturated carbocycles. The first kappa shape index (κ1) is 15.5. The van der Waals surface area contributed by atoms with Gasteiger partial charge in [0.1, 0.15) is 0 Å². The summed E-state index contributed by atoms with van der Waals surface area (Å²) in [6.07, 6.45) is 2.01. The van der Waals surface area contributed by atoms with Crippen LogP contribution in [0.15, 0.2) is 51.7 Å². The first-order valence-electron chi connectivity index (χ1n) is 8.41. The molecule has 6 nitrogen and oxygen atoms in total. The number of nitrogen functional groups attached to an aromatic ring is 1. The summed E-state index contributed by atoms with van der Waals surface area (Å²) in [6.45, 7) is 0.971. The Kier molecular flexibility index (Phi) is 3.80. The van der Waals surface area contributed by atoms with Crippen molar-refractivity contribution in [2.24, 2.45) is 0 Å². The molecule has 0 aliphatic carbocycles. The molecule has 0 atom stereocenters. The predicted molar refractivity (Wildman–Crippen MR) is 96.6 cm³/mol. The van der Waals surface area contributed by atoms with Crippen molar-refractivity contribution < 1.29 is 9.21 Å². The van der Waals surface area contributed by atoms with Gasteiger partial charge in [0.05, 0.1) is 5.52 Å². The third kappa shape index (κ3) is 2.69. The van der Waals surface area contributed by atoms with Crippen LogP contribution in [0.4, 0.5) is 11.4 Å². The molecular formula is C19H19N3O3. The van der Waals surface area contributed by atoms with Crippen LogP contribution in [0.5, 0.6) is 0 Å². The Hall–Kier alpha value is -3.02. The highest BCUT2D eigenvalue weighted by Gasteiger charge is 2.23. The van der Waals surface area contributed by atoms with Crippen molar-refractivity contribution in [3.8, 4) is 0 Å². The molecule has 128 valence electrons. The second kappa shape index (κ2) is 6.12. The van der Waals surface area contributed by atoms with E-state index in [2.05, 4.69) is 0 Å². The van der Waals surface area contributed by atoms with E-state index in [1.807, 2.05) is 36.4 Å². The molecule has 0 unspecified atom stereocenters. The third-order valence-corrected chi connectivity index (χ3v) is 4.71. The molecule has 1 aliphatic rings. The van der Waals surface area contributed by atoms with Crippen LogP contribution in [-0.4, -0.2) is 17.0 Å². The number of nitrogens with zero attached hydrogens (tertiary/aromatic N) is 2. The third-order valence-electron chi connectivity index (χ3n) is 4.71. The first-order chi connectivity index (χ1) is 12.1. The Morgan fingerprint density at radius 1 is 1.16 bits per heavy atom. The van der Waals surface area contributed by atoms with Gasteiger partial charge in [0.25, 0.3) is 0 Å². The Morgan fingerprint density at radius 2 is 2.00 bits per heavy atom. The molecule has 4 rings (SSSR count). The predicted octanol–water partition coefficient (Wildman–Crippen LogP) is 2.55. The van der Waals surface area contributed by atoms with Gasteiger partial charge in [-0.3, -0.25) is 9.36 Å². The number of fused-ring (bicyclic) bond motifs is 2. The van der Waals surface area contributed by atoms with Gasteiger partial charge < -0.3 is 15.1 Å². The van der Waals surface area contributed by atoms with Crippen molar-refractivity contribution >= 4 is 28.4 Å². The number of nitrogens with two attached hydrogens (primary N) is 1. The summed E-state index contributed by atoms with van der Waals surface area (Å²) in [6, 6.07) is 12.9. The molecule has 1 aliphatic heterocycles. The fourth-order valence-corrected chi connectivity index (χ4v) is 3.48. The van der Waals surface area contributed by atoms with Crippen LogP contribution in [0.1, 0.15) is 18.4 Å². The van der Waals surface area contributed by atoms with E-state index < -0.39 is 5.76 Å². The maximum absolute atomic E-state index is 12.8. The number of benzene rings is 2. The number of hydrogen-bond donors (Lipinski definition) is 1. The minimum atomic E-state index is -0.433. The quantitative estimate of drug-likeness (QED) is 0.745. The lowest BCUT2D eigenvalue weighted by Crippen LogP contribution is -2.36. The maximum atomic E-state index is 12.8. The normalized spacial score (nSPS) is 13.8. The van der Waals surface area contributed by atoms with Crippen LogP contribution in [-0.2, 0) is 17.8 Å². The van der Waals surface area contributed by atoms with Gasteiger partial charge in [-0.1, -0.05) is 18.2 Å². The van der Waals surface area contributed by atoms with Crippen molar-refractivity contribution in [3.63, 3.8) is 0 Å². The van der Waals surface area contributed by atoms with E-state index in [1.165, 1.54) is 4.57 Å². The fraction of sp³-hybridized carbons (Fsp3) is 0.263. The Balaban J connectivity index is 1.57. The minimum Gasteiger partial charge on any atom is -0.408 e. The number of para-hydroxylation sites is 2. The Labute approximate surface area is 144 Å². The number of amides is 1. The lowest BCUT2D eigenvalue weighted by atomic mass is 9.99. The minimum absolute atomic E-state index is 0.0104. The summed E-state index contributed by atoms with van der Waals surface area (Å²) in [4.78, 5) is 26.6. The maximum Gasteiger partial charge on any atom is 0.419 e. The zero-order chi connectivity index (χ0) is 17.4. The summed E-state index contributed by atoms with van der Waals surface area (Å²) in [7, 11) is 0. The monoisotopic (exact) mass is 337 g/mol. The molecule has 6 heteroatoms. The Bertz CT molecular complexity index is 1000. The van der Waals surface area contributed by atoms with Gasteiger partial charge in [-0.15, -0.1) is 0 Å². The van der Waals surface area contributed by atoms with Crippen molar-refractivity contribution in [2.75, 3.05) is 17.2 Å². The lowest BCUT2D eigenvalue weighted by Gasteiger charge is -2.30. The molecule has 0 saturated heterocycles. The van der Waals surface area contributed by atoms with Crippen LogP contribution in [0, 0.1) is 0 Å². The molecule has 0 bridgehead atoms. The smallest absolute Gasteiger partial charge is 0.408 e. The molecule has 1 amide bonds. The number of hydrogen-bond acceptors (Lipinski definition) is 4. The highest BCUT2D eigenvalue weighted by atomic mass is 16.4. The number of rotatable bonds is 3. The Morgan fingerprint density at radius 3 is 2.88 bits per heavy atom. The molecule has 25 heavy (non-hydrogen) atoms. The second-order valence-corrected chi connectivity index (χ2v) is 6.23. The fourth-order valence-electron chi connectivity index (χ4n) is 3.48. The molecule has 0 spiro atoms. The molecule has 3 aromatic rings. The highest BCUT2D eigenvalue weighted by Crippen LogP contribution is 2.31. The van der Waals surface area contributed by atoms with Gasteiger partial charge in [-0.2, -0.15) is 0 Å². The molecular weight excluding hydrogens is 318 g/mol. The lowest BCUT2D eigenvalue weighted by molar-refractivity contribution is -0.118. The van der Waals surface area contributed by atoms with E-state index in [1.54, 1.807) is 11.0 Å². The summed E-state index contributed by atoms with van der Waals surface area (Å²) in [5.41, 5.74) is 9.94. The standard InChI is InChI=1S/C19H19N3O3/c20-14-6-3-8-15-13(14)5-4-11-21(15)18(23)10-12-22-16-7-1-2-9-17(16)25-19(22)24/h1-3,6-9H,4-5,10-12,20H2. The number of carbonyl (C=O) groups excluding carboxylic acids is 1. The zero-order valence-corrected chi connectivity index (χ0v) is 13.8. The van der Waals surface area contributed by atoms with Gasteiger partial charge >= 0.3 is 5.76 Å². The molecule has 2 aromatic carbocycles. The summed E-state index contributed by atoms with van der Waals surface area (Å²) < 4.78 is 6.73. The average molecular weight is 337 g/mol. The topological polar surface area (TPSA) is 81.5 Å². The molecule has 0 radical (unpaired) electrons. The van der Waals surface area contributed by atoms with Gasteiger partial charge in [0, 0.05) is 30.9 Å². The summed E-state index contributed by atoms with van der Waals surface area (Å²) in [5, 5.41) is 0. The number of aromatic nitrogens is 1.